The number of aromatic nitrogens is 6. The predicted molar refractivity (Wildman–Crippen MR) is 84.5 cm³/mol. The normalized spacial score (nSPS) is 11.2. The molecule has 0 bridgehead atoms. The van der Waals surface area contributed by atoms with E-state index in [1.54, 1.807) is 10.9 Å². The Bertz CT molecular complexity index is 745. The van der Waals surface area contributed by atoms with Crippen LogP contribution in [0.15, 0.2) is 18.6 Å². The lowest BCUT2D eigenvalue weighted by atomic mass is 10.3. The van der Waals surface area contributed by atoms with Gasteiger partial charge in [0.1, 0.15) is 12.4 Å². The Hall–Kier alpha value is -1.71. The molecule has 0 radical (unpaired) electrons. The fraction of sp³-hybridized carbons (Fsp3) is 0.333. The quantitative estimate of drug-likeness (QED) is 0.694. The summed E-state index contributed by atoms with van der Waals surface area (Å²) >= 11 is 2.23. The molecule has 3 heterocycles. The second-order valence-corrected chi connectivity index (χ2v) is 5.63. The topological polar surface area (TPSA) is 73.5 Å². The SMILES string of the molecule is CCNc1nc(Cn2cc(I)cn2)nc2c1cnn2C. The number of nitrogens with zero attached hydrogens (tertiary/aromatic N) is 6. The van der Waals surface area contributed by atoms with Crippen LogP contribution >= 0.6 is 22.6 Å². The molecule has 7 nitrogen and oxygen atoms in total. The van der Waals surface area contributed by atoms with Crippen molar-refractivity contribution in [1.29, 1.82) is 0 Å². The molecule has 0 aromatic carbocycles. The molecule has 0 unspecified atom stereocenters. The zero-order valence-electron chi connectivity index (χ0n) is 11.2. The second-order valence-electron chi connectivity index (χ2n) is 4.38. The smallest absolute Gasteiger partial charge is 0.163 e. The van der Waals surface area contributed by atoms with E-state index >= 15 is 0 Å². The van der Waals surface area contributed by atoms with Crippen molar-refractivity contribution < 1.29 is 0 Å². The number of hydrogen-bond acceptors (Lipinski definition) is 5. The van der Waals surface area contributed by atoms with Crippen LogP contribution in [0.25, 0.3) is 11.0 Å². The van der Waals surface area contributed by atoms with Crippen molar-refractivity contribution in [2.75, 3.05) is 11.9 Å². The molecule has 0 spiro atoms. The van der Waals surface area contributed by atoms with Crippen LogP contribution < -0.4 is 5.32 Å². The number of aryl methyl sites for hydroxylation is 1. The van der Waals surface area contributed by atoms with Gasteiger partial charge in [0.2, 0.25) is 0 Å². The largest absolute Gasteiger partial charge is 0.370 e. The number of fused-ring (bicyclic) bond motifs is 1. The summed E-state index contributed by atoms with van der Waals surface area (Å²) in [6.07, 6.45) is 5.56. The molecule has 0 fully saturated rings. The van der Waals surface area contributed by atoms with E-state index in [4.69, 9.17) is 0 Å². The summed E-state index contributed by atoms with van der Waals surface area (Å²) in [6.45, 7) is 3.39. The van der Waals surface area contributed by atoms with Crippen LogP contribution in [-0.2, 0) is 13.6 Å². The molecule has 0 amide bonds. The van der Waals surface area contributed by atoms with E-state index in [1.807, 2.05) is 31.0 Å². The number of nitrogens with one attached hydrogen (secondary N) is 1. The molecule has 8 heteroatoms. The van der Waals surface area contributed by atoms with Gasteiger partial charge in [0.15, 0.2) is 11.5 Å². The summed E-state index contributed by atoms with van der Waals surface area (Å²) < 4.78 is 4.68. The summed E-state index contributed by atoms with van der Waals surface area (Å²) in [7, 11) is 1.88. The summed E-state index contributed by atoms with van der Waals surface area (Å²) in [4.78, 5) is 9.14. The molecule has 1 N–H and O–H groups in total. The van der Waals surface area contributed by atoms with E-state index < -0.39 is 0 Å². The zero-order valence-corrected chi connectivity index (χ0v) is 13.4. The fourth-order valence-corrected chi connectivity index (χ4v) is 2.46. The van der Waals surface area contributed by atoms with E-state index in [-0.39, 0.29) is 0 Å². The highest BCUT2D eigenvalue weighted by Crippen LogP contribution is 2.19. The zero-order chi connectivity index (χ0) is 14.1. The van der Waals surface area contributed by atoms with E-state index in [9.17, 15) is 0 Å². The van der Waals surface area contributed by atoms with E-state index in [2.05, 4.69) is 48.1 Å². The van der Waals surface area contributed by atoms with Crippen LogP contribution in [0.1, 0.15) is 12.7 Å². The molecule has 104 valence electrons. The van der Waals surface area contributed by atoms with Gasteiger partial charge in [0.05, 0.1) is 21.4 Å². The summed E-state index contributed by atoms with van der Waals surface area (Å²) in [6, 6.07) is 0. The van der Waals surface area contributed by atoms with Gasteiger partial charge < -0.3 is 5.32 Å². The number of rotatable bonds is 4. The molecule has 0 aliphatic carbocycles. The van der Waals surface area contributed by atoms with Gasteiger partial charge in [-0.2, -0.15) is 10.2 Å². The summed E-state index contributed by atoms with van der Waals surface area (Å²) in [5.74, 6) is 1.54. The molecular formula is C12H14IN7. The lowest BCUT2D eigenvalue weighted by Gasteiger charge is -2.07. The molecular weight excluding hydrogens is 369 g/mol. The van der Waals surface area contributed by atoms with Crippen molar-refractivity contribution >= 4 is 39.4 Å². The van der Waals surface area contributed by atoms with Crippen LogP contribution in [0.5, 0.6) is 0 Å². The van der Waals surface area contributed by atoms with Gasteiger partial charge in [-0.05, 0) is 29.5 Å². The predicted octanol–water partition coefficient (Wildman–Crippen LogP) is 1.64. The van der Waals surface area contributed by atoms with Crippen molar-refractivity contribution in [3.63, 3.8) is 0 Å². The standard InChI is InChI=1S/C12H14IN7/c1-3-14-11-9-5-15-19(2)12(9)18-10(17-11)7-20-6-8(13)4-16-20/h4-6H,3,7H2,1-2H3,(H,14,17,18). The Morgan fingerprint density at radius 1 is 1.25 bits per heavy atom. The summed E-state index contributed by atoms with van der Waals surface area (Å²) in [5, 5.41) is 12.7. The Morgan fingerprint density at radius 3 is 2.80 bits per heavy atom. The van der Waals surface area contributed by atoms with Crippen molar-refractivity contribution in [3.8, 4) is 0 Å². The van der Waals surface area contributed by atoms with Gasteiger partial charge in [-0.3, -0.25) is 9.36 Å². The Balaban J connectivity index is 2.04. The maximum Gasteiger partial charge on any atom is 0.163 e. The van der Waals surface area contributed by atoms with Gasteiger partial charge in [0.25, 0.3) is 0 Å². The first-order valence-corrected chi connectivity index (χ1v) is 7.35. The van der Waals surface area contributed by atoms with Crippen LogP contribution in [-0.4, -0.2) is 36.1 Å². The van der Waals surface area contributed by atoms with Crippen LogP contribution in [0, 0.1) is 3.57 Å². The van der Waals surface area contributed by atoms with Crippen molar-refractivity contribution in [1.82, 2.24) is 29.5 Å². The molecule has 0 saturated heterocycles. The molecule has 3 aromatic heterocycles. The number of halogens is 1. The Labute approximate surface area is 129 Å². The lowest BCUT2D eigenvalue weighted by molar-refractivity contribution is 0.655. The first-order valence-electron chi connectivity index (χ1n) is 6.28. The molecule has 0 atom stereocenters. The van der Waals surface area contributed by atoms with Gasteiger partial charge in [-0.15, -0.1) is 0 Å². The highest BCUT2D eigenvalue weighted by Gasteiger charge is 2.11. The summed E-state index contributed by atoms with van der Waals surface area (Å²) in [5.41, 5.74) is 0.827. The number of hydrogen-bond donors (Lipinski definition) is 1. The highest BCUT2D eigenvalue weighted by molar-refractivity contribution is 14.1. The van der Waals surface area contributed by atoms with Gasteiger partial charge in [-0.25, -0.2) is 9.97 Å². The maximum atomic E-state index is 4.57. The molecule has 3 aromatic rings. The van der Waals surface area contributed by atoms with Crippen molar-refractivity contribution in [2.45, 2.75) is 13.5 Å². The first-order chi connectivity index (χ1) is 9.67. The van der Waals surface area contributed by atoms with Gasteiger partial charge in [0, 0.05) is 19.8 Å². The Kier molecular flexibility index (Phi) is 3.55. The molecule has 3 rings (SSSR count). The van der Waals surface area contributed by atoms with Gasteiger partial charge >= 0.3 is 0 Å². The third kappa shape index (κ3) is 2.47. The maximum absolute atomic E-state index is 4.57. The third-order valence-electron chi connectivity index (χ3n) is 2.89. The minimum absolute atomic E-state index is 0.544. The van der Waals surface area contributed by atoms with Crippen molar-refractivity contribution in [3.05, 3.63) is 28.0 Å². The van der Waals surface area contributed by atoms with Crippen LogP contribution in [0.2, 0.25) is 0 Å². The third-order valence-corrected chi connectivity index (χ3v) is 3.44. The molecule has 0 saturated carbocycles. The Morgan fingerprint density at radius 2 is 2.10 bits per heavy atom. The highest BCUT2D eigenvalue weighted by atomic mass is 127. The van der Waals surface area contributed by atoms with Crippen molar-refractivity contribution in [2.24, 2.45) is 7.05 Å². The second kappa shape index (κ2) is 5.35. The number of anilines is 1. The van der Waals surface area contributed by atoms with Crippen LogP contribution in [0.4, 0.5) is 5.82 Å². The van der Waals surface area contributed by atoms with Crippen LogP contribution in [0.3, 0.4) is 0 Å². The minimum Gasteiger partial charge on any atom is -0.370 e. The molecule has 20 heavy (non-hydrogen) atoms. The molecule has 0 aliphatic rings. The average Bonchev–Trinajstić information content (AvgIpc) is 2.98. The first kappa shape index (κ1) is 13.3. The average molecular weight is 383 g/mol. The van der Waals surface area contributed by atoms with Gasteiger partial charge in [-0.1, -0.05) is 0 Å². The van der Waals surface area contributed by atoms with E-state index in [1.165, 1.54) is 0 Å². The minimum atomic E-state index is 0.544. The fourth-order valence-electron chi connectivity index (χ4n) is 2.01. The monoisotopic (exact) mass is 383 g/mol. The van der Waals surface area contributed by atoms with E-state index in [0.29, 0.717) is 6.54 Å². The molecule has 0 aliphatic heterocycles. The lowest BCUT2D eigenvalue weighted by Crippen LogP contribution is -2.09. The van der Waals surface area contributed by atoms with E-state index in [0.717, 1.165) is 32.8 Å².